The molecule has 0 fully saturated rings. The van der Waals surface area contributed by atoms with Crippen LogP contribution in [-0.2, 0) is 0 Å². The van der Waals surface area contributed by atoms with Gasteiger partial charge in [-0.2, -0.15) is 0 Å². The Bertz CT molecular complexity index is 427. The van der Waals surface area contributed by atoms with Gasteiger partial charge in [0.05, 0.1) is 11.0 Å². The van der Waals surface area contributed by atoms with E-state index in [2.05, 4.69) is 11.6 Å². The first-order chi connectivity index (χ1) is 7.79. The van der Waals surface area contributed by atoms with Crippen LogP contribution in [0, 0.1) is 0 Å². The number of hydrogen-bond acceptors (Lipinski definition) is 1. The number of fused-ring (bicyclic) bond motifs is 1. The van der Waals surface area contributed by atoms with Crippen LogP contribution in [0.3, 0.4) is 0 Å². The summed E-state index contributed by atoms with van der Waals surface area (Å²) in [5.74, 6) is 0. The minimum atomic E-state index is 0.990. The lowest BCUT2D eigenvalue weighted by molar-refractivity contribution is 1.12. The molecule has 0 saturated heterocycles. The van der Waals surface area contributed by atoms with Gasteiger partial charge in [0.15, 0.2) is 0 Å². The Labute approximate surface area is 98.6 Å². The minimum Gasteiger partial charge on any atom is -0.304 e. The molecular formula is C14H22N2. The van der Waals surface area contributed by atoms with Crippen molar-refractivity contribution < 1.29 is 0 Å². The van der Waals surface area contributed by atoms with Gasteiger partial charge in [-0.1, -0.05) is 46.4 Å². The molecule has 0 unspecified atom stereocenters. The van der Waals surface area contributed by atoms with Crippen LogP contribution in [0.5, 0.6) is 0 Å². The second kappa shape index (κ2) is 7.69. The lowest BCUT2D eigenvalue weighted by Crippen LogP contribution is -1.87. The quantitative estimate of drug-likeness (QED) is 0.685. The van der Waals surface area contributed by atoms with Gasteiger partial charge in [0, 0.05) is 5.70 Å². The molecule has 0 amide bonds. The van der Waals surface area contributed by atoms with Crippen molar-refractivity contribution in [3.8, 4) is 0 Å². The molecule has 0 N–H and O–H groups in total. The lowest BCUT2D eigenvalue weighted by Gasteiger charge is -1.99. The van der Waals surface area contributed by atoms with Crippen molar-refractivity contribution in [2.45, 2.75) is 34.6 Å². The van der Waals surface area contributed by atoms with Crippen molar-refractivity contribution >= 4 is 16.7 Å². The Morgan fingerprint density at radius 2 is 1.69 bits per heavy atom. The maximum atomic E-state index is 4.24. The van der Waals surface area contributed by atoms with Gasteiger partial charge < -0.3 is 4.57 Å². The predicted octanol–water partition coefficient (Wildman–Crippen LogP) is 4.58. The normalized spacial score (nSPS) is 8.56. The van der Waals surface area contributed by atoms with Gasteiger partial charge >= 0.3 is 0 Å². The first-order valence-corrected chi connectivity index (χ1v) is 5.87. The van der Waals surface area contributed by atoms with E-state index in [0.717, 1.165) is 16.7 Å². The summed E-state index contributed by atoms with van der Waals surface area (Å²) in [5.41, 5.74) is 3.12. The van der Waals surface area contributed by atoms with Gasteiger partial charge in [0.1, 0.15) is 6.33 Å². The highest BCUT2D eigenvalue weighted by atomic mass is 15.0. The van der Waals surface area contributed by atoms with E-state index in [4.69, 9.17) is 0 Å². The highest BCUT2D eigenvalue weighted by molar-refractivity contribution is 5.78. The summed E-state index contributed by atoms with van der Waals surface area (Å²) in [5, 5.41) is 0. The second-order valence-electron chi connectivity index (χ2n) is 2.84. The van der Waals surface area contributed by atoms with Crippen LogP contribution in [0.4, 0.5) is 0 Å². The maximum Gasteiger partial charge on any atom is 0.100 e. The highest BCUT2D eigenvalue weighted by Gasteiger charge is 1.99. The standard InChI is InChI=1S/C10H10N2.2C2H6/c1-8(2)12-7-11-9-5-3-4-6-10(9)12;2*1-2/h3-7H,1H2,2H3;2*1-2H3. The second-order valence-corrected chi connectivity index (χ2v) is 2.84. The Hall–Kier alpha value is -1.57. The molecule has 0 radical (unpaired) electrons. The SMILES string of the molecule is C=C(C)n1cnc2ccccc21.CC.CC. The lowest BCUT2D eigenvalue weighted by atomic mass is 10.3. The van der Waals surface area contributed by atoms with Gasteiger partial charge in [0.2, 0.25) is 0 Å². The zero-order valence-electron chi connectivity index (χ0n) is 11.0. The van der Waals surface area contributed by atoms with Crippen molar-refractivity contribution in [2.75, 3.05) is 0 Å². The molecule has 0 atom stereocenters. The molecule has 1 aromatic heterocycles. The summed E-state index contributed by atoms with van der Waals surface area (Å²) in [6, 6.07) is 8.02. The van der Waals surface area contributed by atoms with Crippen molar-refractivity contribution in [1.82, 2.24) is 9.55 Å². The number of aromatic nitrogens is 2. The molecule has 16 heavy (non-hydrogen) atoms. The monoisotopic (exact) mass is 218 g/mol. The molecule has 1 aromatic carbocycles. The van der Waals surface area contributed by atoms with E-state index in [1.807, 2.05) is 63.5 Å². The molecule has 2 aromatic rings. The molecule has 0 spiro atoms. The van der Waals surface area contributed by atoms with Crippen LogP contribution in [-0.4, -0.2) is 9.55 Å². The van der Waals surface area contributed by atoms with Crippen LogP contribution in [0.1, 0.15) is 34.6 Å². The molecule has 1 heterocycles. The van der Waals surface area contributed by atoms with E-state index < -0.39 is 0 Å². The summed E-state index contributed by atoms with van der Waals surface area (Å²) in [6.45, 7) is 13.8. The third-order valence-electron chi connectivity index (χ3n) is 1.86. The Morgan fingerprint density at radius 1 is 1.12 bits per heavy atom. The third kappa shape index (κ3) is 3.23. The molecule has 88 valence electrons. The van der Waals surface area contributed by atoms with E-state index >= 15 is 0 Å². The van der Waals surface area contributed by atoms with Crippen LogP contribution in [0.2, 0.25) is 0 Å². The smallest absolute Gasteiger partial charge is 0.100 e. The zero-order chi connectivity index (χ0) is 12.6. The maximum absolute atomic E-state index is 4.24. The average Bonchev–Trinajstić information content (AvgIpc) is 2.78. The van der Waals surface area contributed by atoms with E-state index in [1.165, 1.54) is 0 Å². The molecule has 2 heteroatoms. The summed E-state index contributed by atoms with van der Waals surface area (Å²) in [7, 11) is 0. The number of nitrogens with zero attached hydrogens (tertiary/aromatic N) is 2. The first-order valence-electron chi connectivity index (χ1n) is 5.87. The number of rotatable bonds is 1. The minimum absolute atomic E-state index is 0.990. The van der Waals surface area contributed by atoms with Gasteiger partial charge in [0.25, 0.3) is 0 Å². The number of hydrogen-bond donors (Lipinski definition) is 0. The molecule has 0 bridgehead atoms. The number of benzene rings is 1. The van der Waals surface area contributed by atoms with Crippen molar-refractivity contribution in [2.24, 2.45) is 0 Å². The van der Waals surface area contributed by atoms with E-state index in [9.17, 15) is 0 Å². The van der Waals surface area contributed by atoms with E-state index in [0.29, 0.717) is 0 Å². The van der Waals surface area contributed by atoms with E-state index in [-0.39, 0.29) is 0 Å². The number of allylic oxidation sites excluding steroid dienone is 1. The first kappa shape index (κ1) is 14.4. The molecular weight excluding hydrogens is 196 g/mol. The molecule has 0 saturated carbocycles. The largest absolute Gasteiger partial charge is 0.304 e. The highest BCUT2D eigenvalue weighted by Crippen LogP contribution is 2.14. The van der Waals surface area contributed by atoms with Crippen molar-refractivity contribution in [3.63, 3.8) is 0 Å². The molecule has 0 aliphatic rings. The molecule has 0 aliphatic carbocycles. The van der Waals surface area contributed by atoms with Crippen LogP contribution in [0.15, 0.2) is 37.2 Å². The molecule has 0 aliphatic heterocycles. The van der Waals surface area contributed by atoms with Crippen molar-refractivity contribution in [3.05, 3.63) is 37.2 Å². The Balaban J connectivity index is 0.000000509. The predicted molar refractivity (Wildman–Crippen MR) is 73.4 cm³/mol. The summed E-state index contributed by atoms with van der Waals surface area (Å²) in [6.07, 6.45) is 1.80. The Morgan fingerprint density at radius 3 is 2.25 bits per heavy atom. The van der Waals surface area contributed by atoms with Crippen LogP contribution >= 0.6 is 0 Å². The topological polar surface area (TPSA) is 17.8 Å². The fourth-order valence-electron chi connectivity index (χ4n) is 1.26. The fraction of sp³-hybridized carbons (Fsp3) is 0.357. The third-order valence-corrected chi connectivity index (χ3v) is 1.86. The van der Waals surface area contributed by atoms with Crippen LogP contribution < -0.4 is 0 Å². The Kier molecular flexibility index (Phi) is 6.93. The summed E-state index contributed by atoms with van der Waals surface area (Å²) in [4.78, 5) is 4.24. The number of para-hydroxylation sites is 2. The zero-order valence-corrected chi connectivity index (χ0v) is 11.0. The fourth-order valence-corrected chi connectivity index (χ4v) is 1.26. The molecule has 2 rings (SSSR count). The molecule has 2 nitrogen and oxygen atoms in total. The van der Waals surface area contributed by atoms with Gasteiger partial charge in [-0.05, 0) is 19.1 Å². The summed E-state index contributed by atoms with van der Waals surface area (Å²) >= 11 is 0. The van der Waals surface area contributed by atoms with Crippen molar-refractivity contribution in [1.29, 1.82) is 0 Å². The van der Waals surface area contributed by atoms with Gasteiger partial charge in [-0.25, -0.2) is 4.98 Å². The summed E-state index contributed by atoms with van der Waals surface area (Å²) < 4.78 is 1.98. The average molecular weight is 218 g/mol. The van der Waals surface area contributed by atoms with E-state index in [1.54, 1.807) is 6.33 Å². The number of imidazole rings is 1. The van der Waals surface area contributed by atoms with Gasteiger partial charge in [-0.3, -0.25) is 0 Å². The van der Waals surface area contributed by atoms with Crippen LogP contribution in [0.25, 0.3) is 16.7 Å². The van der Waals surface area contributed by atoms with Gasteiger partial charge in [-0.15, -0.1) is 0 Å².